The van der Waals surface area contributed by atoms with Gasteiger partial charge in [-0.25, -0.2) is 4.39 Å². The predicted molar refractivity (Wildman–Crippen MR) is 107 cm³/mol. The van der Waals surface area contributed by atoms with Crippen molar-refractivity contribution in [3.8, 4) is 11.5 Å². The Balaban J connectivity index is 1.31. The first-order valence-corrected chi connectivity index (χ1v) is 11.0. The molecule has 0 radical (unpaired) electrons. The third kappa shape index (κ3) is 3.41. The summed E-state index contributed by atoms with van der Waals surface area (Å²) in [6.45, 7) is 4.11. The first-order chi connectivity index (χ1) is 13.7. The number of piperidine rings is 3. The van der Waals surface area contributed by atoms with Crippen LogP contribution in [0.2, 0.25) is 0 Å². The average Bonchev–Trinajstić information content (AvgIpc) is 3.54. The SMILES string of the molecule is COc1cc(F)c(CN2C[C@@H]3C[C@H](C2)[C@@H]2CCC[C@H](C4CC4)N2C3)cc1OC. The molecule has 3 aliphatic heterocycles. The highest BCUT2D eigenvalue weighted by molar-refractivity contribution is 5.43. The molecule has 3 saturated heterocycles. The number of halogens is 1. The Morgan fingerprint density at radius 2 is 1.64 bits per heavy atom. The molecule has 0 aromatic heterocycles. The molecule has 4 aliphatic rings. The van der Waals surface area contributed by atoms with Crippen molar-refractivity contribution in [2.75, 3.05) is 33.9 Å². The number of likely N-dealkylation sites (tertiary alicyclic amines) is 1. The highest BCUT2D eigenvalue weighted by atomic mass is 19.1. The van der Waals surface area contributed by atoms with Crippen molar-refractivity contribution in [2.24, 2.45) is 17.8 Å². The van der Waals surface area contributed by atoms with Crippen LogP contribution in [0.3, 0.4) is 0 Å². The summed E-state index contributed by atoms with van der Waals surface area (Å²) in [7, 11) is 3.16. The van der Waals surface area contributed by atoms with Crippen molar-refractivity contribution < 1.29 is 13.9 Å². The number of nitrogens with zero attached hydrogens (tertiary/aromatic N) is 2. The fourth-order valence-corrected chi connectivity index (χ4v) is 6.32. The number of methoxy groups -OCH3 is 2. The molecule has 28 heavy (non-hydrogen) atoms. The molecule has 0 N–H and O–H groups in total. The van der Waals surface area contributed by atoms with E-state index in [0.29, 0.717) is 23.6 Å². The molecule has 1 aromatic carbocycles. The minimum Gasteiger partial charge on any atom is -0.493 e. The molecule has 1 aliphatic carbocycles. The van der Waals surface area contributed by atoms with E-state index in [4.69, 9.17) is 9.47 Å². The first kappa shape index (κ1) is 18.7. The standard InChI is InChI=1S/C23H33FN2O2/c1-27-22-9-17(19(24)10-23(22)28-2)13-25-11-15-8-18(14-25)21-5-3-4-20(16-6-7-16)26(21)12-15/h9-10,15-16,18,20-21H,3-8,11-14H2,1-2H3/t15-,18+,20+,21-/m0/s1. The summed E-state index contributed by atoms with van der Waals surface area (Å²) in [5, 5.41) is 0. The van der Waals surface area contributed by atoms with Gasteiger partial charge in [0.2, 0.25) is 0 Å². The average molecular weight is 389 g/mol. The van der Waals surface area contributed by atoms with Crippen LogP contribution in [-0.2, 0) is 6.54 Å². The van der Waals surface area contributed by atoms with Gasteiger partial charge in [0.1, 0.15) is 5.82 Å². The van der Waals surface area contributed by atoms with Gasteiger partial charge in [-0.2, -0.15) is 0 Å². The van der Waals surface area contributed by atoms with Crippen molar-refractivity contribution in [1.82, 2.24) is 9.80 Å². The minimum atomic E-state index is -0.193. The Morgan fingerprint density at radius 3 is 2.36 bits per heavy atom. The third-order valence-electron chi connectivity index (χ3n) is 7.62. The van der Waals surface area contributed by atoms with E-state index in [1.54, 1.807) is 14.2 Å². The summed E-state index contributed by atoms with van der Waals surface area (Å²) in [4.78, 5) is 5.40. The van der Waals surface area contributed by atoms with E-state index in [2.05, 4.69) is 9.80 Å². The predicted octanol–water partition coefficient (Wildman–Crippen LogP) is 3.93. The van der Waals surface area contributed by atoms with Crippen LogP contribution in [-0.4, -0.2) is 55.7 Å². The Hall–Kier alpha value is -1.33. The number of hydrogen-bond acceptors (Lipinski definition) is 4. The quantitative estimate of drug-likeness (QED) is 0.763. The summed E-state index contributed by atoms with van der Waals surface area (Å²) < 4.78 is 25.3. The lowest BCUT2D eigenvalue weighted by molar-refractivity contribution is -0.0630. The second kappa shape index (κ2) is 7.49. The lowest BCUT2D eigenvalue weighted by Crippen LogP contribution is -2.61. The molecule has 2 bridgehead atoms. The molecule has 1 aromatic rings. The molecule has 5 rings (SSSR count). The van der Waals surface area contributed by atoms with Crippen LogP contribution in [0.1, 0.15) is 44.1 Å². The summed E-state index contributed by atoms with van der Waals surface area (Å²) in [6.07, 6.45) is 8.44. The lowest BCUT2D eigenvalue weighted by Gasteiger charge is -2.55. The van der Waals surface area contributed by atoms with Gasteiger partial charge in [0, 0.05) is 49.9 Å². The third-order valence-corrected chi connectivity index (χ3v) is 7.62. The largest absolute Gasteiger partial charge is 0.493 e. The van der Waals surface area contributed by atoms with Crippen molar-refractivity contribution in [2.45, 2.75) is 57.2 Å². The van der Waals surface area contributed by atoms with Crippen molar-refractivity contribution in [3.63, 3.8) is 0 Å². The van der Waals surface area contributed by atoms with E-state index >= 15 is 0 Å². The van der Waals surface area contributed by atoms with Crippen LogP contribution >= 0.6 is 0 Å². The Kier molecular flexibility index (Phi) is 5.00. The summed E-state index contributed by atoms with van der Waals surface area (Å²) in [5.74, 6) is 3.35. The minimum absolute atomic E-state index is 0.193. The Bertz CT molecular complexity index is 723. The van der Waals surface area contributed by atoms with Gasteiger partial charge in [-0.1, -0.05) is 6.42 Å². The summed E-state index contributed by atoms with van der Waals surface area (Å²) >= 11 is 0. The molecule has 1 saturated carbocycles. The molecule has 0 unspecified atom stereocenters. The molecule has 4 atom stereocenters. The monoisotopic (exact) mass is 388 g/mol. The zero-order chi connectivity index (χ0) is 19.3. The molecule has 0 spiro atoms. The molecule has 4 fully saturated rings. The van der Waals surface area contributed by atoms with Gasteiger partial charge in [-0.3, -0.25) is 9.80 Å². The van der Waals surface area contributed by atoms with E-state index in [-0.39, 0.29) is 5.82 Å². The maximum Gasteiger partial charge on any atom is 0.163 e. The van der Waals surface area contributed by atoms with Crippen LogP contribution in [0, 0.1) is 23.6 Å². The summed E-state index contributed by atoms with van der Waals surface area (Å²) in [6, 6.07) is 4.89. The van der Waals surface area contributed by atoms with Gasteiger partial charge in [0.25, 0.3) is 0 Å². The maximum absolute atomic E-state index is 14.6. The van der Waals surface area contributed by atoms with E-state index in [1.807, 2.05) is 6.07 Å². The fourth-order valence-electron chi connectivity index (χ4n) is 6.32. The highest BCUT2D eigenvalue weighted by Gasteiger charge is 2.47. The van der Waals surface area contributed by atoms with Crippen LogP contribution in [0.5, 0.6) is 11.5 Å². The second-order valence-corrected chi connectivity index (χ2v) is 9.45. The van der Waals surface area contributed by atoms with E-state index in [9.17, 15) is 4.39 Å². The molecule has 0 amide bonds. The molecule has 3 heterocycles. The van der Waals surface area contributed by atoms with Gasteiger partial charge < -0.3 is 9.47 Å². The smallest absolute Gasteiger partial charge is 0.163 e. The molecule has 4 nitrogen and oxygen atoms in total. The zero-order valence-corrected chi connectivity index (χ0v) is 17.2. The van der Waals surface area contributed by atoms with Gasteiger partial charge >= 0.3 is 0 Å². The molecular weight excluding hydrogens is 355 g/mol. The van der Waals surface area contributed by atoms with Gasteiger partial charge in [-0.15, -0.1) is 0 Å². The molecule has 154 valence electrons. The number of hydrogen-bond donors (Lipinski definition) is 0. The van der Waals surface area contributed by atoms with E-state index in [0.717, 1.165) is 42.9 Å². The number of rotatable bonds is 5. The molecular formula is C23H33FN2O2. The van der Waals surface area contributed by atoms with Gasteiger partial charge in [0.15, 0.2) is 11.5 Å². The van der Waals surface area contributed by atoms with Gasteiger partial charge in [-0.05, 0) is 55.9 Å². The number of benzene rings is 1. The van der Waals surface area contributed by atoms with Crippen molar-refractivity contribution >= 4 is 0 Å². The fraction of sp³-hybridized carbons (Fsp3) is 0.739. The Morgan fingerprint density at radius 1 is 0.929 bits per heavy atom. The van der Waals surface area contributed by atoms with E-state index < -0.39 is 0 Å². The first-order valence-electron chi connectivity index (χ1n) is 11.0. The van der Waals surface area contributed by atoms with Gasteiger partial charge in [0.05, 0.1) is 14.2 Å². The normalized spacial score (nSPS) is 33.4. The number of fused-ring (bicyclic) bond motifs is 4. The topological polar surface area (TPSA) is 24.9 Å². The van der Waals surface area contributed by atoms with E-state index in [1.165, 1.54) is 51.1 Å². The van der Waals surface area contributed by atoms with Crippen LogP contribution < -0.4 is 9.47 Å². The van der Waals surface area contributed by atoms with Crippen LogP contribution in [0.4, 0.5) is 4.39 Å². The van der Waals surface area contributed by atoms with Crippen molar-refractivity contribution in [3.05, 3.63) is 23.5 Å². The lowest BCUT2D eigenvalue weighted by atomic mass is 9.74. The number of ether oxygens (including phenoxy) is 2. The maximum atomic E-state index is 14.6. The van der Waals surface area contributed by atoms with Crippen LogP contribution in [0.25, 0.3) is 0 Å². The summed E-state index contributed by atoms with van der Waals surface area (Å²) in [5.41, 5.74) is 0.717. The second-order valence-electron chi connectivity index (χ2n) is 9.45. The van der Waals surface area contributed by atoms with Crippen LogP contribution in [0.15, 0.2) is 12.1 Å². The highest BCUT2D eigenvalue weighted by Crippen LogP contribution is 2.46. The molecule has 5 heteroatoms. The van der Waals surface area contributed by atoms with Crippen molar-refractivity contribution in [1.29, 1.82) is 0 Å². The Labute approximate surface area is 168 Å². The zero-order valence-electron chi connectivity index (χ0n) is 17.2.